The largest absolute Gasteiger partial charge is 0.369 e. The molecule has 0 saturated heterocycles. The zero-order chi connectivity index (χ0) is 16.1. The Bertz CT molecular complexity index is 694. The molecule has 7 nitrogen and oxygen atoms in total. The molecule has 2 aromatic rings. The molecule has 116 valence electrons. The van der Waals surface area contributed by atoms with Crippen LogP contribution in [-0.2, 0) is 11.3 Å². The van der Waals surface area contributed by atoms with Crippen LogP contribution in [0, 0.1) is 0 Å². The van der Waals surface area contributed by atoms with Gasteiger partial charge in [-0.05, 0) is 12.1 Å². The van der Waals surface area contributed by atoms with Gasteiger partial charge in [-0.3, -0.25) is 4.79 Å². The van der Waals surface area contributed by atoms with Gasteiger partial charge in [-0.25, -0.2) is 9.97 Å². The first-order valence-electron chi connectivity index (χ1n) is 6.63. The third kappa shape index (κ3) is 4.26. The molecule has 22 heavy (non-hydrogen) atoms. The number of carbonyl (C=O) groups is 1. The number of aromatic nitrogens is 2. The van der Waals surface area contributed by atoms with Gasteiger partial charge in [0.15, 0.2) is 5.96 Å². The molecule has 8 heteroatoms. The summed E-state index contributed by atoms with van der Waals surface area (Å²) in [7, 11) is 3.64. The molecule has 0 aliphatic carbocycles. The monoisotopic (exact) mass is 318 g/mol. The van der Waals surface area contributed by atoms with Crippen LogP contribution in [0.2, 0.25) is 0 Å². The Morgan fingerprint density at radius 3 is 2.82 bits per heavy atom. The molecule has 2 rings (SSSR count). The van der Waals surface area contributed by atoms with Crippen LogP contribution < -0.4 is 11.1 Å². The summed E-state index contributed by atoms with van der Waals surface area (Å²) in [5, 5.41) is 5.18. The molecule has 2 heterocycles. The fourth-order valence-corrected chi connectivity index (χ4v) is 2.25. The second kappa shape index (κ2) is 6.99. The summed E-state index contributed by atoms with van der Waals surface area (Å²) in [5.74, 6) is 0.310. The molecule has 2 aromatic heterocycles. The number of nitrogens with zero attached hydrogens (tertiary/aromatic N) is 4. The van der Waals surface area contributed by atoms with Crippen LogP contribution in [0.25, 0.3) is 11.4 Å². The second-order valence-corrected chi connectivity index (χ2v) is 5.64. The summed E-state index contributed by atoms with van der Waals surface area (Å²) >= 11 is 1.40. The predicted molar refractivity (Wildman–Crippen MR) is 87.8 cm³/mol. The maximum atomic E-state index is 11.0. The lowest BCUT2D eigenvalue weighted by molar-refractivity contribution is -0.119. The smallest absolute Gasteiger partial charge is 0.217 e. The van der Waals surface area contributed by atoms with Crippen LogP contribution in [-0.4, -0.2) is 40.8 Å². The van der Waals surface area contributed by atoms with E-state index in [2.05, 4.69) is 20.3 Å². The first-order valence-corrected chi connectivity index (χ1v) is 7.51. The molecular weight excluding hydrogens is 300 g/mol. The Hall–Kier alpha value is -2.48. The SMILES string of the molecule is CC(=O)NCc1cccc(-c2csc(N=C(N)N(C)C)n2)n1. The number of nitrogens with one attached hydrogen (secondary N) is 1. The third-order valence-corrected chi connectivity index (χ3v) is 3.48. The van der Waals surface area contributed by atoms with Crippen molar-refractivity contribution < 1.29 is 4.79 Å². The fraction of sp³-hybridized carbons (Fsp3) is 0.286. The van der Waals surface area contributed by atoms with E-state index in [1.165, 1.54) is 18.3 Å². The highest BCUT2D eigenvalue weighted by Gasteiger charge is 2.07. The lowest BCUT2D eigenvalue weighted by Gasteiger charge is -2.08. The van der Waals surface area contributed by atoms with Crippen molar-refractivity contribution in [1.29, 1.82) is 0 Å². The van der Waals surface area contributed by atoms with E-state index in [0.717, 1.165) is 17.1 Å². The van der Waals surface area contributed by atoms with Crippen molar-refractivity contribution >= 4 is 28.3 Å². The molecule has 0 spiro atoms. The van der Waals surface area contributed by atoms with Gasteiger partial charge in [-0.15, -0.1) is 11.3 Å². The van der Waals surface area contributed by atoms with Crippen molar-refractivity contribution in [1.82, 2.24) is 20.2 Å². The Kier molecular flexibility index (Phi) is 5.05. The standard InChI is InChI=1S/C14H18N6OS/c1-9(21)16-7-10-5-4-6-11(17-10)12-8-22-14(18-12)19-13(15)20(2)3/h4-6,8H,7H2,1-3H3,(H,16,21)(H2,15,18,19). The highest BCUT2D eigenvalue weighted by Crippen LogP contribution is 2.25. The number of hydrogen-bond acceptors (Lipinski definition) is 5. The van der Waals surface area contributed by atoms with Crippen LogP contribution in [0.4, 0.5) is 5.13 Å². The Balaban J connectivity index is 2.19. The molecule has 0 aliphatic rings. The maximum Gasteiger partial charge on any atom is 0.217 e. The molecule has 1 amide bonds. The molecular formula is C14H18N6OS. The van der Waals surface area contributed by atoms with E-state index in [1.54, 1.807) is 4.90 Å². The molecule has 0 bridgehead atoms. The number of aliphatic imine (C=N–C) groups is 1. The molecule has 0 aromatic carbocycles. The molecule has 0 atom stereocenters. The predicted octanol–water partition coefficient (Wildman–Crippen LogP) is 1.35. The summed E-state index contributed by atoms with van der Waals surface area (Å²) in [4.78, 5) is 25.8. The van der Waals surface area contributed by atoms with Gasteiger partial charge in [0.1, 0.15) is 5.69 Å². The van der Waals surface area contributed by atoms with Gasteiger partial charge in [0.25, 0.3) is 0 Å². The van der Waals surface area contributed by atoms with Gasteiger partial charge >= 0.3 is 0 Å². The van der Waals surface area contributed by atoms with E-state index in [-0.39, 0.29) is 5.91 Å². The Morgan fingerprint density at radius 2 is 2.14 bits per heavy atom. The number of amides is 1. The van der Waals surface area contributed by atoms with E-state index >= 15 is 0 Å². The average molecular weight is 318 g/mol. The van der Waals surface area contributed by atoms with E-state index in [0.29, 0.717) is 17.6 Å². The summed E-state index contributed by atoms with van der Waals surface area (Å²) in [6.45, 7) is 1.87. The van der Waals surface area contributed by atoms with Crippen molar-refractivity contribution in [3.63, 3.8) is 0 Å². The summed E-state index contributed by atoms with van der Waals surface area (Å²) in [5.41, 5.74) is 8.03. The number of rotatable bonds is 4. The maximum absolute atomic E-state index is 11.0. The number of guanidine groups is 1. The summed E-state index contributed by atoms with van der Waals surface area (Å²) < 4.78 is 0. The van der Waals surface area contributed by atoms with Gasteiger partial charge in [0.2, 0.25) is 11.0 Å². The number of pyridine rings is 1. The fourth-order valence-electron chi connectivity index (χ4n) is 1.57. The van der Waals surface area contributed by atoms with Gasteiger partial charge in [0.05, 0.1) is 17.9 Å². The molecule has 3 N–H and O–H groups in total. The van der Waals surface area contributed by atoms with Crippen LogP contribution in [0.1, 0.15) is 12.6 Å². The Labute approximate surface area is 132 Å². The minimum absolute atomic E-state index is 0.0864. The highest BCUT2D eigenvalue weighted by molar-refractivity contribution is 7.13. The molecule has 0 fully saturated rings. The molecule has 0 radical (unpaired) electrons. The average Bonchev–Trinajstić information content (AvgIpc) is 2.94. The van der Waals surface area contributed by atoms with Crippen LogP contribution >= 0.6 is 11.3 Å². The lowest BCUT2D eigenvalue weighted by Crippen LogP contribution is -2.29. The van der Waals surface area contributed by atoms with Gasteiger partial charge in [-0.2, -0.15) is 4.99 Å². The summed E-state index contributed by atoms with van der Waals surface area (Å²) in [6, 6.07) is 5.61. The van der Waals surface area contributed by atoms with Gasteiger partial charge in [0, 0.05) is 26.4 Å². The van der Waals surface area contributed by atoms with Crippen LogP contribution in [0.3, 0.4) is 0 Å². The van der Waals surface area contributed by atoms with E-state index in [1.807, 2.05) is 37.7 Å². The van der Waals surface area contributed by atoms with Crippen LogP contribution in [0.5, 0.6) is 0 Å². The topological polar surface area (TPSA) is 96.5 Å². The van der Waals surface area contributed by atoms with Crippen molar-refractivity contribution in [3.8, 4) is 11.4 Å². The van der Waals surface area contributed by atoms with Crippen molar-refractivity contribution in [2.24, 2.45) is 10.7 Å². The third-order valence-electron chi connectivity index (χ3n) is 2.75. The zero-order valence-electron chi connectivity index (χ0n) is 12.7. The number of thiazole rings is 1. The quantitative estimate of drug-likeness (QED) is 0.655. The Morgan fingerprint density at radius 1 is 1.36 bits per heavy atom. The van der Waals surface area contributed by atoms with Crippen molar-refractivity contribution in [2.75, 3.05) is 14.1 Å². The van der Waals surface area contributed by atoms with Crippen LogP contribution in [0.15, 0.2) is 28.6 Å². The van der Waals surface area contributed by atoms with Crippen molar-refractivity contribution in [3.05, 3.63) is 29.3 Å². The first-order chi connectivity index (χ1) is 10.5. The summed E-state index contributed by atoms with van der Waals surface area (Å²) in [6.07, 6.45) is 0. The first kappa shape index (κ1) is 15.9. The van der Waals surface area contributed by atoms with Gasteiger partial charge in [-0.1, -0.05) is 6.07 Å². The zero-order valence-corrected chi connectivity index (χ0v) is 13.5. The van der Waals surface area contributed by atoms with Gasteiger partial charge < -0.3 is 16.0 Å². The molecule has 0 unspecified atom stereocenters. The normalized spacial score (nSPS) is 11.3. The minimum Gasteiger partial charge on any atom is -0.369 e. The minimum atomic E-state index is -0.0864. The number of nitrogens with two attached hydrogens (primary N) is 1. The van der Waals surface area contributed by atoms with Crippen molar-refractivity contribution in [2.45, 2.75) is 13.5 Å². The highest BCUT2D eigenvalue weighted by atomic mass is 32.1. The molecule has 0 saturated carbocycles. The van der Waals surface area contributed by atoms with E-state index < -0.39 is 0 Å². The lowest BCUT2D eigenvalue weighted by atomic mass is 10.2. The number of carbonyl (C=O) groups excluding carboxylic acids is 1. The number of hydrogen-bond donors (Lipinski definition) is 2. The molecule has 0 aliphatic heterocycles. The van der Waals surface area contributed by atoms with E-state index in [9.17, 15) is 4.79 Å². The second-order valence-electron chi connectivity index (χ2n) is 4.80. The van der Waals surface area contributed by atoms with E-state index in [4.69, 9.17) is 5.73 Å².